The van der Waals surface area contributed by atoms with Gasteiger partial charge < -0.3 is 0 Å². The molecule has 0 bridgehead atoms. The van der Waals surface area contributed by atoms with Crippen molar-refractivity contribution in [2.45, 2.75) is 45.1 Å². The van der Waals surface area contributed by atoms with Gasteiger partial charge in [0.05, 0.1) is 6.61 Å². The van der Waals surface area contributed by atoms with Crippen LogP contribution in [0.2, 0.25) is 5.02 Å². The highest BCUT2D eigenvalue weighted by Crippen LogP contribution is 2.38. The van der Waals surface area contributed by atoms with Gasteiger partial charge in [0.1, 0.15) is 0 Å². The molecule has 1 fully saturated rings. The van der Waals surface area contributed by atoms with E-state index in [9.17, 15) is 0 Å². The van der Waals surface area contributed by atoms with Crippen molar-refractivity contribution < 1.29 is 4.84 Å². The lowest BCUT2D eigenvalue weighted by molar-refractivity contribution is 0.124. The molecule has 3 heteroatoms. The molecule has 0 amide bonds. The van der Waals surface area contributed by atoms with E-state index in [1.165, 1.54) is 31.2 Å². The maximum absolute atomic E-state index is 6.34. The molecular weight excluding hydrogens is 234 g/mol. The first-order valence-corrected chi connectivity index (χ1v) is 6.68. The van der Waals surface area contributed by atoms with E-state index in [0.29, 0.717) is 12.5 Å². The molecule has 1 aromatic carbocycles. The van der Waals surface area contributed by atoms with Crippen molar-refractivity contribution in [3.8, 4) is 0 Å². The molecular formula is C14H20ClNO. The van der Waals surface area contributed by atoms with Gasteiger partial charge in [-0.3, -0.25) is 4.84 Å². The van der Waals surface area contributed by atoms with E-state index >= 15 is 0 Å². The molecule has 2 N–H and O–H groups in total. The summed E-state index contributed by atoms with van der Waals surface area (Å²) in [6.45, 7) is 2.75. The van der Waals surface area contributed by atoms with Crippen LogP contribution in [-0.2, 0) is 11.4 Å². The number of benzene rings is 1. The van der Waals surface area contributed by atoms with Crippen molar-refractivity contribution >= 4 is 11.6 Å². The Labute approximate surface area is 108 Å². The molecule has 0 unspecified atom stereocenters. The average molecular weight is 254 g/mol. The monoisotopic (exact) mass is 253 g/mol. The Bertz CT molecular complexity index is 372. The van der Waals surface area contributed by atoms with Crippen LogP contribution in [0.3, 0.4) is 0 Å². The van der Waals surface area contributed by atoms with E-state index in [1.54, 1.807) is 0 Å². The van der Waals surface area contributed by atoms with Crippen LogP contribution < -0.4 is 5.90 Å². The Balaban J connectivity index is 2.10. The standard InChI is InChI=1S/C14H20ClNO/c1-10-2-5-12(6-3-10)13-7-4-11(9-17-16)8-14(13)15/h4,7-8,10,12H,2-3,5-6,9,16H2,1H3. The summed E-state index contributed by atoms with van der Waals surface area (Å²) < 4.78 is 0. The van der Waals surface area contributed by atoms with E-state index in [0.717, 1.165) is 16.5 Å². The van der Waals surface area contributed by atoms with Gasteiger partial charge in [-0.2, -0.15) is 0 Å². The lowest BCUT2D eigenvalue weighted by Gasteiger charge is -2.27. The van der Waals surface area contributed by atoms with Crippen molar-refractivity contribution in [2.24, 2.45) is 11.8 Å². The van der Waals surface area contributed by atoms with Crippen LogP contribution in [0, 0.1) is 5.92 Å². The first-order chi connectivity index (χ1) is 8.20. The maximum Gasteiger partial charge on any atom is 0.0930 e. The first kappa shape index (κ1) is 12.9. The van der Waals surface area contributed by atoms with E-state index in [2.05, 4.69) is 23.9 Å². The summed E-state index contributed by atoms with van der Waals surface area (Å²) in [4.78, 5) is 4.62. The fourth-order valence-electron chi connectivity index (χ4n) is 2.66. The highest BCUT2D eigenvalue weighted by atomic mass is 35.5. The van der Waals surface area contributed by atoms with Gasteiger partial charge in [-0.05, 0) is 41.9 Å². The van der Waals surface area contributed by atoms with E-state index in [4.69, 9.17) is 17.5 Å². The molecule has 0 saturated heterocycles. The fourth-order valence-corrected chi connectivity index (χ4v) is 3.02. The zero-order valence-corrected chi connectivity index (χ0v) is 11.0. The van der Waals surface area contributed by atoms with Gasteiger partial charge in [0.2, 0.25) is 0 Å². The summed E-state index contributed by atoms with van der Waals surface area (Å²) in [5, 5.41) is 0.860. The molecule has 0 heterocycles. The van der Waals surface area contributed by atoms with Gasteiger partial charge in [-0.15, -0.1) is 0 Å². The van der Waals surface area contributed by atoms with Crippen molar-refractivity contribution in [1.82, 2.24) is 0 Å². The van der Waals surface area contributed by atoms with Crippen LogP contribution in [0.5, 0.6) is 0 Å². The Hall–Kier alpha value is -0.570. The number of rotatable bonds is 3. The molecule has 1 saturated carbocycles. The minimum atomic E-state index is 0.418. The third kappa shape index (κ3) is 3.21. The second-order valence-corrected chi connectivity index (χ2v) is 5.53. The highest BCUT2D eigenvalue weighted by molar-refractivity contribution is 6.31. The Morgan fingerprint density at radius 2 is 2.00 bits per heavy atom. The molecule has 1 aliphatic rings. The Morgan fingerprint density at radius 3 is 2.59 bits per heavy atom. The molecule has 2 nitrogen and oxygen atoms in total. The average Bonchev–Trinajstić information content (AvgIpc) is 2.31. The minimum Gasteiger partial charge on any atom is -0.300 e. The molecule has 0 aromatic heterocycles. The number of halogens is 1. The smallest absolute Gasteiger partial charge is 0.0930 e. The molecule has 2 rings (SSSR count). The molecule has 0 spiro atoms. The van der Waals surface area contributed by atoms with Crippen molar-refractivity contribution in [2.75, 3.05) is 0 Å². The summed E-state index contributed by atoms with van der Waals surface area (Å²) in [7, 11) is 0. The van der Waals surface area contributed by atoms with Crippen LogP contribution in [0.25, 0.3) is 0 Å². The number of hydrogen-bond acceptors (Lipinski definition) is 2. The topological polar surface area (TPSA) is 35.2 Å². The first-order valence-electron chi connectivity index (χ1n) is 6.30. The largest absolute Gasteiger partial charge is 0.300 e. The predicted molar refractivity (Wildman–Crippen MR) is 70.8 cm³/mol. The summed E-state index contributed by atoms with van der Waals surface area (Å²) in [5.74, 6) is 6.57. The van der Waals surface area contributed by atoms with Crippen molar-refractivity contribution in [1.29, 1.82) is 0 Å². The molecule has 0 atom stereocenters. The lowest BCUT2D eigenvalue weighted by Crippen LogP contribution is -2.11. The minimum absolute atomic E-state index is 0.418. The van der Waals surface area contributed by atoms with Crippen LogP contribution in [0.1, 0.15) is 49.7 Å². The van der Waals surface area contributed by atoms with E-state index < -0.39 is 0 Å². The highest BCUT2D eigenvalue weighted by Gasteiger charge is 2.21. The summed E-state index contributed by atoms with van der Waals surface area (Å²) in [5.41, 5.74) is 2.32. The zero-order chi connectivity index (χ0) is 12.3. The molecule has 0 aliphatic heterocycles. The fraction of sp³-hybridized carbons (Fsp3) is 0.571. The van der Waals surface area contributed by atoms with E-state index in [-0.39, 0.29) is 0 Å². The molecule has 94 valence electrons. The van der Waals surface area contributed by atoms with Crippen molar-refractivity contribution in [3.63, 3.8) is 0 Å². The van der Waals surface area contributed by atoms with Gasteiger partial charge in [-0.25, -0.2) is 5.90 Å². The van der Waals surface area contributed by atoms with Gasteiger partial charge in [0, 0.05) is 5.02 Å². The van der Waals surface area contributed by atoms with Crippen LogP contribution in [0.4, 0.5) is 0 Å². The Morgan fingerprint density at radius 1 is 1.29 bits per heavy atom. The van der Waals surface area contributed by atoms with Gasteiger partial charge >= 0.3 is 0 Å². The van der Waals surface area contributed by atoms with Crippen LogP contribution in [0.15, 0.2) is 18.2 Å². The molecule has 17 heavy (non-hydrogen) atoms. The number of hydrogen-bond donors (Lipinski definition) is 1. The quantitative estimate of drug-likeness (QED) is 0.826. The summed E-state index contributed by atoms with van der Waals surface area (Å²) in [6.07, 6.45) is 5.14. The SMILES string of the molecule is CC1CCC(c2ccc(CON)cc2Cl)CC1. The molecule has 0 radical (unpaired) electrons. The van der Waals surface area contributed by atoms with Gasteiger partial charge in [0.25, 0.3) is 0 Å². The lowest BCUT2D eigenvalue weighted by atomic mass is 9.79. The second-order valence-electron chi connectivity index (χ2n) is 5.12. The third-order valence-corrected chi connectivity index (χ3v) is 4.10. The van der Waals surface area contributed by atoms with Crippen LogP contribution >= 0.6 is 11.6 Å². The Kier molecular flexibility index (Phi) is 4.43. The molecule has 1 aliphatic carbocycles. The second kappa shape index (κ2) is 5.85. The maximum atomic E-state index is 6.34. The van der Waals surface area contributed by atoms with E-state index in [1.807, 2.05) is 6.07 Å². The van der Waals surface area contributed by atoms with Crippen molar-refractivity contribution in [3.05, 3.63) is 34.3 Å². The normalized spacial score (nSPS) is 24.9. The van der Waals surface area contributed by atoms with Gasteiger partial charge in [0.15, 0.2) is 0 Å². The van der Waals surface area contributed by atoms with Gasteiger partial charge in [-0.1, -0.05) is 43.5 Å². The third-order valence-electron chi connectivity index (χ3n) is 3.77. The summed E-state index contributed by atoms with van der Waals surface area (Å²) >= 11 is 6.34. The zero-order valence-electron chi connectivity index (χ0n) is 10.3. The van der Waals surface area contributed by atoms with Crippen LogP contribution in [-0.4, -0.2) is 0 Å². The molecule has 1 aromatic rings. The summed E-state index contributed by atoms with van der Waals surface area (Å²) in [6, 6.07) is 6.17. The predicted octanol–water partition coefficient (Wildman–Crippen LogP) is 4.02. The number of nitrogens with two attached hydrogens (primary N) is 1.